The van der Waals surface area contributed by atoms with E-state index in [1.807, 2.05) is 0 Å². The van der Waals surface area contributed by atoms with Gasteiger partial charge >= 0.3 is 0 Å². The molecule has 0 unspecified atom stereocenters. The maximum atomic E-state index is 12.8. The first kappa shape index (κ1) is 12.8. The fourth-order valence-corrected chi connectivity index (χ4v) is 3.51. The van der Waals surface area contributed by atoms with E-state index < -0.39 is 10.3 Å². The van der Waals surface area contributed by atoms with Gasteiger partial charge in [-0.25, -0.2) is 0 Å². The van der Waals surface area contributed by atoms with E-state index in [9.17, 15) is 14.9 Å². The van der Waals surface area contributed by atoms with Crippen molar-refractivity contribution in [2.75, 3.05) is 11.4 Å². The van der Waals surface area contributed by atoms with Crippen molar-refractivity contribution >= 4 is 17.3 Å². The summed E-state index contributed by atoms with van der Waals surface area (Å²) in [5, 5.41) is 11.0. The quantitative estimate of drug-likeness (QED) is 0.483. The van der Waals surface area contributed by atoms with E-state index in [1.54, 1.807) is 23.1 Å². The molecule has 20 heavy (non-hydrogen) atoms. The molecule has 1 heterocycles. The van der Waals surface area contributed by atoms with Crippen LogP contribution in [0.4, 0.5) is 11.4 Å². The Balaban J connectivity index is 2.17. The number of benzene rings is 1. The maximum absolute atomic E-state index is 12.8. The molecule has 1 aliphatic heterocycles. The van der Waals surface area contributed by atoms with E-state index in [1.165, 1.54) is 6.07 Å². The fraction of sp³-hybridized carbons (Fsp3) is 0.400. The third-order valence-electron chi connectivity index (χ3n) is 4.42. The minimum absolute atomic E-state index is 0.0586. The third-order valence-corrected chi connectivity index (χ3v) is 4.42. The molecule has 1 fully saturated rings. The van der Waals surface area contributed by atoms with Gasteiger partial charge in [0, 0.05) is 24.4 Å². The minimum atomic E-state index is -0.537. The SMILES string of the molecule is C=CCN1C(=O)C2(CCCC2)c2cc([N+](=O)[O-])ccc21. The fourth-order valence-electron chi connectivity index (χ4n) is 3.51. The molecule has 0 atom stereocenters. The second kappa shape index (κ2) is 4.44. The van der Waals surface area contributed by atoms with Crippen LogP contribution in [0.15, 0.2) is 30.9 Å². The van der Waals surface area contributed by atoms with Crippen molar-refractivity contribution in [3.05, 3.63) is 46.5 Å². The summed E-state index contributed by atoms with van der Waals surface area (Å²) in [5.74, 6) is 0.0744. The summed E-state index contributed by atoms with van der Waals surface area (Å²) in [6.07, 6.45) is 5.25. The average Bonchev–Trinajstić information content (AvgIpc) is 3.01. The number of carbonyl (C=O) groups is 1. The number of hydrogen-bond acceptors (Lipinski definition) is 3. The summed E-state index contributed by atoms with van der Waals surface area (Å²) in [7, 11) is 0. The molecule has 0 bridgehead atoms. The standard InChI is InChI=1S/C15H16N2O3/c1-2-9-16-13-6-5-11(17(19)20)10-12(13)15(14(16)18)7-3-4-8-15/h2,5-6,10H,1,3-4,7-9H2. The molecule has 0 saturated heterocycles. The Morgan fingerprint density at radius 1 is 1.40 bits per heavy atom. The van der Waals surface area contributed by atoms with Crippen molar-refractivity contribution in [1.82, 2.24) is 0 Å². The van der Waals surface area contributed by atoms with Gasteiger partial charge in [-0.3, -0.25) is 14.9 Å². The zero-order valence-electron chi connectivity index (χ0n) is 11.2. The summed E-state index contributed by atoms with van der Waals surface area (Å²) in [4.78, 5) is 25.1. The Morgan fingerprint density at radius 2 is 2.10 bits per heavy atom. The Labute approximate surface area is 117 Å². The molecule has 3 rings (SSSR count). The van der Waals surface area contributed by atoms with E-state index >= 15 is 0 Å². The van der Waals surface area contributed by atoms with E-state index in [2.05, 4.69) is 6.58 Å². The van der Waals surface area contributed by atoms with Crippen LogP contribution in [0, 0.1) is 10.1 Å². The van der Waals surface area contributed by atoms with Crippen LogP contribution in [0.25, 0.3) is 0 Å². The first-order valence-electron chi connectivity index (χ1n) is 6.82. The molecular formula is C15H16N2O3. The third kappa shape index (κ3) is 1.59. The first-order chi connectivity index (χ1) is 9.60. The zero-order chi connectivity index (χ0) is 14.3. The lowest BCUT2D eigenvalue weighted by atomic mass is 9.80. The predicted molar refractivity (Wildman–Crippen MR) is 75.8 cm³/mol. The second-order valence-corrected chi connectivity index (χ2v) is 5.45. The average molecular weight is 272 g/mol. The Kier molecular flexibility index (Phi) is 2.85. The highest BCUT2D eigenvalue weighted by atomic mass is 16.6. The second-order valence-electron chi connectivity index (χ2n) is 5.45. The lowest BCUT2D eigenvalue weighted by Crippen LogP contribution is -2.38. The van der Waals surface area contributed by atoms with Crippen molar-refractivity contribution in [2.45, 2.75) is 31.1 Å². The number of nitro benzene ring substituents is 1. The predicted octanol–water partition coefficient (Wildman–Crippen LogP) is 2.94. The van der Waals surface area contributed by atoms with Crippen molar-refractivity contribution in [3.63, 3.8) is 0 Å². The molecule has 1 saturated carbocycles. The highest BCUT2D eigenvalue weighted by Crippen LogP contribution is 2.52. The molecule has 5 nitrogen and oxygen atoms in total. The molecule has 0 radical (unpaired) electrons. The van der Waals surface area contributed by atoms with Gasteiger partial charge in [-0.1, -0.05) is 18.9 Å². The molecule has 1 aliphatic carbocycles. The van der Waals surface area contributed by atoms with Gasteiger partial charge in [-0.15, -0.1) is 6.58 Å². The minimum Gasteiger partial charge on any atom is -0.308 e. The van der Waals surface area contributed by atoms with Crippen molar-refractivity contribution in [3.8, 4) is 0 Å². The van der Waals surface area contributed by atoms with Gasteiger partial charge in [0.2, 0.25) is 5.91 Å². The molecule has 1 aromatic carbocycles. The molecule has 1 spiro atoms. The van der Waals surface area contributed by atoms with Gasteiger partial charge < -0.3 is 4.90 Å². The Hall–Kier alpha value is -2.17. The number of fused-ring (bicyclic) bond motifs is 2. The largest absolute Gasteiger partial charge is 0.308 e. The number of amides is 1. The topological polar surface area (TPSA) is 63.5 Å². The van der Waals surface area contributed by atoms with Crippen LogP contribution < -0.4 is 4.90 Å². The normalized spacial score (nSPS) is 19.4. The van der Waals surface area contributed by atoms with Crippen LogP contribution in [-0.2, 0) is 10.2 Å². The molecule has 1 aromatic rings. The van der Waals surface area contributed by atoms with Crippen molar-refractivity contribution in [1.29, 1.82) is 0 Å². The summed E-state index contributed by atoms with van der Waals surface area (Å²) in [6.45, 7) is 4.14. The van der Waals surface area contributed by atoms with Gasteiger partial charge in [-0.05, 0) is 24.5 Å². The van der Waals surface area contributed by atoms with Gasteiger partial charge in [0.15, 0.2) is 0 Å². The van der Waals surface area contributed by atoms with E-state index in [0.29, 0.717) is 6.54 Å². The van der Waals surface area contributed by atoms with E-state index in [0.717, 1.165) is 36.9 Å². The van der Waals surface area contributed by atoms with Crippen LogP contribution in [0.5, 0.6) is 0 Å². The maximum Gasteiger partial charge on any atom is 0.269 e. The zero-order valence-corrected chi connectivity index (χ0v) is 11.2. The van der Waals surface area contributed by atoms with Crippen LogP contribution in [0.3, 0.4) is 0 Å². The first-order valence-corrected chi connectivity index (χ1v) is 6.82. The molecule has 104 valence electrons. The number of nitro groups is 1. The van der Waals surface area contributed by atoms with Gasteiger partial charge in [0.25, 0.3) is 5.69 Å². The molecule has 1 amide bonds. The molecular weight excluding hydrogens is 256 g/mol. The van der Waals surface area contributed by atoms with E-state index in [4.69, 9.17) is 0 Å². The summed E-state index contributed by atoms with van der Waals surface area (Å²) < 4.78 is 0. The summed E-state index contributed by atoms with van der Waals surface area (Å²) >= 11 is 0. The monoisotopic (exact) mass is 272 g/mol. The highest BCUT2D eigenvalue weighted by Gasteiger charge is 2.52. The van der Waals surface area contributed by atoms with Gasteiger partial charge in [0.1, 0.15) is 0 Å². The molecule has 0 N–H and O–H groups in total. The number of carbonyl (C=O) groups excluding carboxylic acids is 1. The number of hydrogen-bond donors (Lipinski definition) is 0. The smallest absolute Gasteiger partial charge is 0.269 e. The van der Waals surface area contributed by atoms with Gasteiger partial charge in [-0.2, -0.15) is 0 Å². The van der Waals surface area contributed by atoms with Crippen LogP contribution in [0.2, 0.25) is 0 Å². The van der Waals surface area contributed by atoms with E-state index in [-0.39, 0.29) is 11.6 Å². The highest BCUT2D eigenvalue weighted by molar-refractivity contribution is 6.08. The van der Waals surface area contributed by atoms with Crippen LogP contribution in [-0.4, -0.2) is 17.4 Å². The Morgan fingerprint density at radius 3 is 2.70 bits per heavy atom. The number of nitrogens with zero attached hydrogens (tertiary/aromatic N) is 2. The van der Waals surface area contributed by atoms with Crippen LogP contribution >= 0.6 is 0 Å². The molecule has 0 aromatic heterocycles. The molecule has 2 aliphatic rings. The Bertz CT molecular complexity index is 603. The number of non-ortho nitro benzene ring substituents is 1. The van der Waals surface area contributed by atoms with Crippen molar-refractivity contribution < 1.29 is 9.72 Å². The van der Waals surface area contributed by atoms with Crippen molar-refractivity contribution in [2.24, 2.45) is 0 Å². The lowest BCUT2D eigenvalue weighted by molar-refractivity contribution is -0.384. The number of anilines is 1. The summed E-state index contributed by atoms with van der Waals surface area (Å²) in [6, 6.07) is 4.75. The van der Waals surface area contributed by atoms with Gasteiger partial charge in [0.05, 0.1) is 10.3 Å². The van der Waals surface area contributed by atoms with Crippen LogP contribution in [0.1, 0.15) is 31.2 Å². The summed E-state index contributed by atoms with van der Waals surface area (Å²) in [5.41, 5.74) is 1.16. The molecule has 5 heteroatoms. The lowest BCUT2D eigenvalue weighted by Gasteiger charge is -2.22. The number of rotatable bonds is 3.